The summed E-state index contributed by atoms with van der Waals surface area (Å²) in [6.07, 6.45) is 3.10. The van der Waals surface area contributed by atoms with Gasteiger partial charge in [0, 0.05) is 4.57 Å². The number of hydrogen-bond acceptors (Lipinski definition) is 3. The van der Waals surface area contributed by atoms with Crippen LogP contribution in [0.5, 0.6) is 5.75 Å². The summed E-state index contributed by atoms with van der Waals surface area (Å²) in [5, 5.41) is 0. The predicted molar refractivity (Wildman–Crippen MR) is 71.2 cm³/mol. The van der Waals surface area contributed by atoms with Crippen LogP contribution in [0.4, 0.5) is 0 Å². The summed E-state index contributed by atoms with van der Waals surface area (Å²) >= 11 is 0. The van der Waals surface area contributed by atoms with Crippen molar-refractivity contribution in [2.45, 2.75) is 0 Å². The molecule has 0 aliphatic heterocycles. The average molecular weight is 259 g/mol. The molecule has 0 spiro atoms. The third-order valence-electron chi connectivity index (χ3n) is 2.13. The Bertz CT molecular complexity index is 523. The lowest BCUT2D eigenvalue weighted by atomic mass is 10.2. The highest BCUT2D eigenvalue weighted by Crippen LogP contribution is 2.27. The SMILES string of the molecule is O=[P+](OC=Cc1ccccc1)Oc1ccccc1. The summed E-state index contributed by atoms with van der Waals surface area (Å²) in [4.78, 5) is 0. The van der Waals surface area contributed by atoms with Crippen LogP contribution in [0.15, 0.2) is 66.9 Å². The molecule has 1 atom stereocenters. The minimum absolute atomic E-state index is 0.520. The van der Waals surface area contributed by atoms with Crippen molar-refractivity contribution >= 4 is 14.3 Å². The topological polar surface area (TPSA) is 35.5 Å². The lowest BCUT2D eigenvalue weighted by molar-refractivity contribution is 0.385. The summed E-state index contributed by atoms with van der Waals surface area (Å²) in [5.74, 6) is 0.520. The third-order valence-corrected chi connectivity index (χ3v) is 2.78. The highest BCUT2D eigenvalue weighted by atomic mass is 31.1. The molecule has 18 heavy (non-hydrogen) atoms. The normalized spacial score (nSPS) is 11.2. The van der Waals surface area contributed by atoms with Crippen LogP contribution in [0, 0.1) is 0 Å². The molecule has 90 valence electrons. The monoisotopic (exact) mass is 259 g/mol. The molecule has 3 nitrogen and oxygen atoms in total. The van der Waals surface area contributed by atoms with E-state index in [4.69, 9.17) is 9.05 Å². The molecule has 2 aromatic carbocycles. The van der Waals surface area contributed by atoms with Gasteiger partial charge in [0.05, 0.1) is 0 Å². The van der Waals surface area contributed by atoms with Crippen LogP contribution in [0.1, 0.15) is 5.56 Å². The molecule has 2 aromatic rings. The molecule has 2 rings (SSSR count). The quantitative estimate of drug-likeness (QED) is 0.589. The molecule has 1 unspecified atom stereocenters. The van der Waals surface area contributed by atoms with E-state index in [0.29, 0.717) is 5.75 Å². The maximum atomic E-state index is 11.5. The molecule has 0 heterocycles. The van der Waals surface area contributed by atoms with Crippen molar-refractivity contribution in [3.8, 4) is 5.75 Å². The Morgan fingerprint density at radius 1 is 0.889 bits per heavy atom. The van der Waals surface area contributed by atoms with Crippen LogP contribution in [0.2, 0.25) is 0 Å². The number of rotatable bonds is 5. The van der Waals surface area contributed by atoms with E-state index in [1.54, 1.807) is 30.3 Å². The third kappa shape index (κ3) is 4.04. The largest absolute Gasteiger partial charge is 0.804 e. The molecule has 0 radical (unpaired) electrons. The van der Waals surface area contributed by atoms with Gasteiger partial charge in [-0.15, -0.1) is 0 Å². The van der Waals surface area contributed by atoms with Gasteiger partial charge in [0.1, 0.15) is 0 Å². The van der Waals surface area contributed by atoms with Crippen LogP contribution < -0.4 is 4.52 Å². The Kier molecular flexibility index (Phi) is 4.51. The van der Waals surface area contributed by atoms with Crippen molar-refractivity contribution in [3.05, 3.63) is 72.5 Å². The summed E-state index contributed by atoms with van der Waals surface area (Å²) in [5.41, 5.74) is 0.973. The first-order chi connectivity index (χ1) is 8.84. The van der Waals surface area contributed by atoms with Crippen LogP contribution in [-0.2, 0) is 9.09 Å². The second kappa shape index (κ2) is 6.58. The first-order valence-corrected chi connectivity index (χ1v) is 6.53. The minimum Gasteiger partial charge on any atom is -0.230 e. The van der Waals surface area contributed by atoms with E-state index < -0.39 is 8.25 Å². The van der Waals surface area contributed by atoms with Crippen molar-refractivity contribution in [2.24, 2.45) is 0 Å². The van der Waals surface area contributed by atoms with Crippen molar-refractivity contribution in [3.63, 3.8) is 0 Å². The fourth-order valence-electron chi connectivity index (χ4n) is 1.31. The van der Waals surface area contributed by atoms with Crippen molar-refractivity contribution in [2.75, 3.05) is 0 Å². The van der Waals surface area contributed by atoms with Gasteiger partial charge in [-0.1, -0.05) is 48.5 Å². The molecular weight excluding hydrogens is 247 g/mol. The van der Waals surface area contributed by atoms with E-state index in [1.807, 2.05) is 36.4 Å². The lowest BCUT2D eigenvalue weighted by Gasteiger charge is -1.90. The molecule has 4 heteroatoms. The Morgan fingerprint density at radius 2 is 1.50 bits per heavy atom. The van der Waals surface area contributed by atoms with E-state index in [1.165, 1.54) is 6.26 Å². The molecule has 0 saturated carbocycles. The molecule has 0 aliphatic rings. The average Bonchev–Trinajstić information content (AvgIpc) is 2.41. The highest BCUT2D eigenvalue weighted by molar-refractivity contribution is 7.33. The van der Waals surface area contributed by atoms with Gasteiger partial charge in [-0.25, -0.2) is 9.05 Å². The van der Waals surface area contributed by atoms with Crippen molar-refractivity contribution in [1.29, 1.82) is 0 Å². The van der Waals surface area contributed by atoms with Crippen LogP contribution >= 0.6 is 8.25 Å². The molecule has 0 fully saturated rings. The van der Waals surface area contributed by atoms with Gasteiger partial charge in [-0.05, 0) is 23.8 Å². The van der Waals surface area contributed by atoms with Gasteiger partial charge in [0.15, 0.2) is 12.0 Å². The first kappa shape index (κ1) is 12.3. The smallest absolute Gasteiger partial charge is 0.230 e. The predicted octanol–water partition coefficient (Wildman–Crippen LogP) is 4.41. The zero-order valence-electron chi connectivity index (χ0n) is 9.60. The second-order valence-corrected chi connectivity index (χ2v) is 4.29. The van der Waals surface area contributed by atoms with Crippen molar-refractivity contribution < 1.29 is 13.6 Å². The number of para-hydroxylation sites is 1. The first-order valence-electron chi connectivity index (χ1n) is 5.43. The summed E-state index contributed by atoms with van der Waals surface area (Å²) in [7, 11) is -2.19. The Hall–Kier alpha value is -2.12. The summed E-state index contributed by atoms with van der Waals surface area (Å²) in [6.45, 7) is 0. The van der Waals surface area contributed by atoms with E-state index in [2.05, 4.69) is 0 Å². The molecule has 0 aliphatic carbocycles. The van der Waals surface area contributed by atoms with Gasteiger partial charge >= 0.3 is 8.25 Å². The Labute approximate surface area is 107 Å². The van der Waals surface area contributed by atoms with Gasteiger partial charge < -0.3 is 0 Å². The molecular formula is C14H12O3P+. The molecule has 0 amide bonds. The van der Waals surface area contributed by atoms with Crippen LogP contribution in [0.3, 0.4) is 0 Å². The fraction of sp³-hybridized carbons (Fsp3) is 0. The van der Waals surface area contributed by atoms with E-state index in [9.17, 15) is 4.57 Å². The number of benzene rings is 2. The van der Waals surface area contributed by atoms with Gasteiger partial charge in [0.2, 0.25) is 0 Å². The molecule has 0 N–H and O–H groups in total. The molecule has 0 bridgehead atoms. The standard InChI is InChI=1S/C14H12O3P/c15-18(17-14-9-5-2-6-10-14)16-12-11-13-7-3-1-4-8-13/h1-12H/q+1. The molecule has 0 aromatic heterocycles. The summed E-state index contributed by atoms with van der Waals surface area (Å²) in [6, 6.07) is 18.5. The lowest BCUT2D eigenvalue weighted by Crippen LogP contribution is -1.81. The van der Waals surface area contributed by atoms with E-state index in [0.717, 1.165) is 5.56 Å². The zero-order chi connectivity index (χ0) is 12.6. The Morgan fingerprint density at radius 3 is 2.17 bits per heavy atom. The van der Waals surface area contributed by atoms with E-state index >= 15 is 0 Å². The maximum Gasteiger partial charge on any atom is 0.804 e. The summed E-state index contributed by atoms with van der Waals surface area (Å²) < 4.78 is 21.5. The minimum atomic E-state index is -2.19. The second-order valence-electron chi connectivity index (χ2n) is 3.45. The van der Waals surface area contributed by atoms with E-state index in [-0.39, 0.29) is 0 Å². The van der Waals surface area contributed by atoms with Crippen LogP contribution in [-0.4, -0.2) is 0 Å². The van der Waals surface area contributed by atoms with Gasteiger partial charge in [0.25, 0.3) is 0 Å². The van der Waals surface area contributed by atoms with Gasteiger partial charge in [-0.2, -0.15) is 0 Å². The Balaban J connectivity index is 1.84. The highest BCUT2D eigenvalue weighted by Gasteiger charge is 2.20. The maximum absolute atomic E-state index is 11.5. The fourth-order valence-corrected chi connectivity index (χ4v) is 1.81. The number of hydrogen-bond donors (Lipinski definition) is 0. The van der Waals surface area contributed by atoms with Crippen molar-refractivity contribution in [1.82, 2.24) is 0 Å². The zero-order valence-corrected chi connectivity index (χ0v) is 10.5. The van der Waals surface area contributed by atoms with Gasteiger partial charge in [-0.3, -0.25) is 0 Å². The van der Waals surface area contributed by atoms with Crippen LogP contribution in [0.25, 0.3) is 6.08 Å². The molecule has 0 saturated heterocycles.